The van der Waals surface area contributed by atoms with Crippen LogP contribution in [-0.4, -0.2) is 41.8 Å². The Hall–Kier alpha value is -3.53. The molecule has 0 aliphatic heterocycles. The Morgan fingerprint density at radius 1 is 1.13 bits per heavy atom. The minimum absolute atomic E-state index is 0.0282. The molecule has 0 unspecified atom stereocenters. The highest BCUT2D eigenvalue weighted by molar-refractivity contribution is 7.18. The molecule has 0 aliphatic rings. The van der Waals surface area contributed by atoms with Crippen molar-refractivity contribution in [1.82, 2.24) is 9.97 Å². The van der Waals surface area contributed by atoms with Gasteiger partial charge in [0.25, 0.3) is 0 Å². The fourth-order valence-electron chi connectivity index (χ4n) is 2.73. The zero-order chi connectivity index (χ0) is 22.0. The van der Waals surface area contributed by atoms with Gasteiger partial charge in [0.05, 0.1) is 0 Å². The lowest BCUT2D eigenvalue weighted by molar-refractivity contribution is -0.118. The van der Waals surface area contributed by atoms with Crippen LogP contribution in [0.4, 0.5) is 26.8 Å². The Bertz CT molecular complexity index is 1070. The largest absolute Gasteiger partial charge is 0.382 e. The monoisotopic (exact) mass is 428 g/mol. The maximum atomic E-state index is 13.4. The first-order chi connectivity index (χ1) is 14.2. The van der Waals surface area contributed by atoms with E-state index < -0.39 is 17.8 Å². The number of carbonyl (C=O) groups is 2. The highest BCUT2D eigenvalue weighted by atomic mass is 32.1. The molecule has 4 N–H and O–H groups in total. The summed E-state index contributed by atoms with van der Waals surface area (Å²) in [5, 5.41) is 0.298. The maximum Gasteiger partial charge on any atom is 0.240 e. The van der Waals surface area contributed by atoms with Crippen molar-refractivity contribution >= 4 is 45.5 Å². The normalized spacial score (nSPS) is 11.7. The van der Waals surface area contributed by atoms with Crippen molar-refractivity contribution in [2.45, 2.75) is 13.0 Å². The fourth-order valence-corrected chi connectivity index (χ4v) is 3.78. The number of carbonyl (C=O) groups excluding carboxylic acids is 2. The minimum Gasteiger partial charge on any atom is -0.382 e. The highest BCUT2D eigenvalue weighted by Gasteiger charge is 2.27. The Kier molecular flexibility index (Phi) is 5.97. The van der Waals surface area contributed by atoms with E-state index in [1.165, 1.54) is 35.4 Å². The molecule has 0 fully saturated rings. The van der Waals surface area contributed by atoms with Gasteiger partial charge in [-0.2, -0.15) is 0 Å². The van der Waals surface area contributed by atoms with E-state index in [1.807, 2.05) is 19.0 Å². The molecule has 156 valence electrons. The van der Waals surface area contributed by atoms with E-state index in [0.29, 0.717) is 22.2 Å². The minimum atomic E-state index is -0.801. The van der Waals surface area contributed by atoms with Crippen molar-refractivity contribution in [3.05, 3.63) is 58.9 Å². The molecule has 1 atom stereocenters. The first kappa shape index (κ1) is 21.2. The number of halogens is 1. The summed E-state index contributed by atoms with van der Waals surface area (Å²) in [6, 6.07) is 8.10. The summed E-state index contributed by atoms with van der Waals surface area (Å²) in [5.74, 6) is -0.624. The van der Waals surface area contributed by atoms with Crippen LogP contribution in [0, 0.1) is 5.82 Å². The first-order valence-electron chi connectivity index (χ1n) is 8.97. The summed E-state index contributed by atoms with van der Waals surface area (Å²) >= 11 is 1.03. The number of aromatic nitrogens is 2. The molecular formula is C20H21FN6O2S. The Morgan fingerprint density at radius 3 is 2.33 bits per heavy atom. The van der Waals surface area contributed by atoms with Gasteiger partial charge < -0.3 is 21.3 Å². The first-order valence-corrected chi connectivity index (χ1v) is 9.79. The number of ketones is 1. The van der Waals surface area contributed by atoms with Crippen LogP contribution < -0.4 is 21.3 Å². The van der Waals surface area contributed by atoms with Gasteiger partial charge in [-0.1, -0.05) is 11.3 Å². The lowest BCUT2D eigenvalue weighted by atomic mass is 10.1. The molecule has 0 radical (unpaired) electrons. The summed E-state index contributed by atoms with van der Waals surface area (Å²) in [6.45, 7) is 1.59. The van der Waals surface area contributed by atoms with E-state index in [2.05, 4.69) is 9.97 Å². The number of nitrogens with zero attached hydrogens (tertiary/aromatic N) is 4. The molecule has 10 heteroatoms. The summed E-state index contributed by atoms with van der Waals surface area (Å²) in [5.41, 5.74) is 12.4. The van der Waals surface area contributed by atoms with Gasteiger partial charge in [0.2, 0.25) is 11.7 Å². The summed E-state index contributed by atoms with van der Waals surface area (Å²) in [4.78, 5) is 36.9. The molecule has 2 heterocycles. The van der Waals surface area contributed by atoms with E-state index in [9.17, 15) is 14.0 Å². The molecule has 1 aromatic carbocycles. The fraction of sp³-hybridized carbons (Fsp3) is 0.200. The predicted molar refractivity (Wildman–Crippen MR) is 116 cm³/mol. The van der Waals surface area contributed by atoms with Crippen molar-refractivity contribution in [3.8, 4) is 0 Å². The van der Waals surface area contributed by atoms with Gasteiger partial charge in [0.15, 0.2) is 5.13 Å². The molecule has 3 aromatic rings. The number of pyridine rings is 1. The standard InChI is InChI=1S/C20H21FN6O2S/c1-11(19(23)29)27(14-7-5-13(21)6-8-14)20-25-18(22)17(30-20)16(28)12-4-9-15(24-10-12)26(2)3/h4-11H,22H2,1-3H3,(H2,23,29)/t11-/m1/s1. The van der Waals surface area contributed by atoms with E-state index in [0.717, 1.165) is 11.3 Å². The molecule has 0 saturated carbocycles. The quantitative estimate of drug-likeness (QED) is 0.555. The number of rotatable bonds is 7. The van der Waals surface area contributed by atoms with Gasteiger partial charge in [-0.05, 0) is 43.3 Å². The number of nitrogens with two attached hydrogens (primary N) is 2. The number of nitrogen functional groups attached to an aromatic ring is 1. The SMILES string of the molecule is C[C@H](C(N)=O)N(c1ccc(F)cc1)c1nc(N)c(C(=O)c2ccc(N(C)C)nc2)s1. The Balaban J connectivity index is 1.99. The van der Waals surface area contributed by atoms with Crippen LogP contribution in [0.25, 0.3) is 0 Å². The Morgan fingerprint density at radius 2 is 1.80 bits per heavy atom. The second kappa shape index (κ2) is 8.46. The Labute approximate surface area is 177 Å². The number of amides is 1. The second-order valence-electron chi connectivity index (χ2n) is 6.76. The van der Waals surface area contributed by atoms with E-state index in [-0.39, 0.29) is 16.5 Å². The van der Waals surface area contributed by atoms with Crippen LogP contribution in [0.5, 0.6) is 0 Å². The van der Waals surface area contributed by atoms with Gasteiger partial charge in [-0.3, -0.25) is 9.59 Å². The molecule has 30 heavy (non-hydrogen) atoms. The number of benzene rings is 1. The lowest BCUT2D eigenvalue weighted by Crippen LogP contribution is -2.39. The van der Waals surface area contributed by atoms with Gasteiger partial charge in [0, 0.05) is 31.5 Å². The zero-order valence-electron chi connectivity index (χ0n) is 16.7. The summed E-state index contributed by atoms with van der Waals surface area (Å²) < 4.78 is 13.4. The number of thiazole rings is 1. The van der Waals surface area contributed by atoms with E-state index in [4.69, 9.17) is 11.5 Å². The predicted octanol–water partition coefficient (Wildman–Crippen LogP) is 2.57. The third kappa shape index (κ3) is 4.23. The molecule has 1 amide bonds. The van der Waals surface area contributed by atoms with Crippen molar-refractivity contribution in [2.75, 3.05) is 29.6 Å². The molecule has 8 nitrogen and oxygen atoms in total. The molecular weight excluding hydrogens is 407 g/mol. The van der Waals surface area contributed by atoms with Crippen LogP contribution in [0.3, 0.4) is 0 Å². The number of primary amides is 1. The number of anilines is 4. The third-order valence-corrected chi connectivity index (χ3v) is 5.50. The van der Waals surface area contributed by atoms with Gasteiger partial charge in [-0.15, -0.1) is 0 Å². The molecule has 0 saturated heterocycles. The van der Waals surface area contributed by atoms with Gasteiger partial charge in [-0.25, -0.2) is 14.4 Å². The van der Waals surface area contributed by atoms with Crippen LogP contribution in [0.15, 0.2) is 42.6 Å². The molecule has 2 aromatic heterocycles. The molecule has 0 spiro atoms. The average molecular weight is 428 g/mol. The van der Waals surface area contributed by atoms with Crippen molar-refractivity contribution in [1.29, 1.82) is 0 Å². The van der Waals surface area contributed by atoms with Crippen molar-refractivity contribution < 1.29 is 14.0 Å². The van der Waals surface area contributed by atoms with Crippen molar-refractivity contribution in [3.63, 3.8) is 0 Å². The zero-order valence-corrected chi connectivity index (χ0v) is 17.5. The van der Waals surface area contributed by atoms with Gasteiger partial charge >= 0.3 is 0 Å². The molecule has 3 rings (SSSR count). The highest BCUT2D eigenvalue weighted by Crippen LogP contribution is 2.36. The number of hydrogen-bond acceptors (Lipinski definition) is 8. The van der Waals surface area contributed by atoms with Crippen LogP contribution in [-0.2, 0) is 4.79 Å². The summed E-state index contributed by atoms with van der Waals surface area (Å²) in [6.07, 6.45) is 1.47. The van der Waals surface area contributed by atoms with Crippen molar-refractivity contribution in [2.24, 2.45) is 5.73 Å². The smallest absolute Gasteiger partial charge is 0.240 e. The topological polar surface area (TPSA) is 118 Å². The average Bonchev–Trinajstić information content (AvgIpc) is 3.10. The molecule has 0 bridgehead atoms. The van der Waals surface area contributed by atoms with E-state index in [1.54, 1.807) is 19.1 Å². The van der Waals surface area contributed by atoms with Crippen LogP contribution >= 0.6 is 11.3 Å². The van der Waals surface area contributed by atoms with E-state index >= 15 is 0 Å². The second-order valence-corrected chi connectivity index (χ2v) is 7.74. The number of hydrogen-bond donors (Lipinski definition) is 2. The maximum absolute atomic E-state index is 13.4. The third-order valence-electron chi connectivity index (χ3n) is 4.43. The van der Waals surface area contributed by atoms with Gasteiger partial charge in [0.1, 0.15) is 28.4 Å². The molecule has 0 aliphatic carbocycles. The van der Waals surface area contributed by atoms with Crippen LogP contribution in [0.2, 0.25) is 0 Å². The lowest BCUT2D eigenvalue weighted by Gasteiger charge is -2.26. The van der Waals surface area contributed by atoms with Crippen LogP contribution in [0.1, 0.15) is 22.2 Å². The summed E-state index contributed by atoms with van der Waals surface area (Å²) in [7, 11) is 3.70.